The second-order valence-electron chi connectivity index (χ2n) is 8.41. The molecule has 174 valence electrons. The van der Waals surface area contributed by atoms with Gasteiger partial charge in [-0.25, -0.2) is 14.8 Å². The molecule has 2 aromatic heterocycles. The molecule has 0 saturated carbocycles. The molecule has 2 heterocycles. The Labute approximate surface area is 195 Å². The number of aromatic amines is 1. The molecule has 1 amide bonds. The maximum absolute atomic E-state index is 12.5. The van der Waals surface area contributed by atoms with Crippen LogP contribution in [0.25, 0.3) is 22.2 Å². The molecule has 0 radical (unpaired) electrons. The summed E-state index contributed by atoms with van der Waals surface area (Å²) in [5, 5.41) is 30.0. The van der Waals surface area contributed by atoms with Crippen molar-refractivity contribution < 1.29 is 20.1 Å². The molecule has 1 aliphatic rings. The number of nitrogens with two attached hydrogens (primary N) is 1. The first-order valence-corrected chi connectivity index (χ1v) is 11.0. The van der Waals surface area contributed by atoms with Crippen LogP contribution in [0.2, 0.25) is 0 Å². The summed E-state index contributed by atoms with van der Waals surface area (Å²) in [7, 11) is 0. The molecule has 1 atom stereocenters. The molecule has 34 heavy (non-hydrogen) atoms. The number of amides is 1. The number of rotatable bonds is 7. The molecule has 9 heteroatoms. The number of anilines is 1. The van der Waals surface area contributed by atoms with Gasteiger partial charge in [0.15, 0.2) is 5.82 Å². The third-order valence-electron chi connectivity index (χ3n) is 6.67. The number of nitrogens with zero attached hydrogens (tertiary/aromatic N) is 3. The second kappa shape index (κ2) is 8.77. The summed E-state index contributed by atoms with van der Waals surface area (Å²) in [6, 6.07) is 14.5. The van der Waals surface area contributed by atoms with Crippen molar-refractivity contribution in [3.8, 4) is 11.1 Å². The Morgan fingerprint density at radius 1 is 1.03 bits per heavy atom. The first kappa shape index (κ1) is 21.9. The van der Waals surface area contributed by atoms with Gasteiger partial charge >= 0.3 is 6.09 Å². The number of hydrogen-bond donors (Lipinski definition) is 5. The van der Waals surface area contributed by atoms with Crippen molar-refractivity contribution in [3.05, 3.63) is 77.7 Å². The monoisotopic (exact) mass is 459 g/mol. The fourth-order valence-electron chi connectivity index (χ4n) is 5.14. The number of aliphatic hydroxyl groups is 2. The normalized spacial score (nSPS) is 13.7. The summed E-state index contributed by atoms with van der Waals surface area (Å²) in [6.45, 7) is -1.03. The van der Waals surface area contributed by atoms with Crippen molar-refractivity contribution in [1.82, 2.24) is 19.9 Å². The minimum Gasteiger partial charge on any atom is -0.465 e. The van der Waals surface area contributed by atoms with E-state index in [2.05, 4.69) is 39.2 Å². The molecule has 1 unspecified atom stereocenters. The number of nitrogen functional groups attached to an aromatic ring is 1. The van der Waals surface area contributed by atoms with Gasteiger partial charge in [-0.1, -0.05) is 48.5 Å². The Balaban J connectivity index is 1.68. The van der Waals surface area contributed by atoms with Gasteiger partial charge in [0.2, 0.25) is 0 Å². The lowest BCUT2D eigenvalue weighted by Crippen LogP contribution is -2.46. The lowest BCUT2D eigenvalue weighted by Gasteiger charge is -2.36. The summed E-state index contributed by atoms with van der Waals surface area (Å²) in [6.07, 6.45) is 2.17. The van der Waals surface area contributed by atoms with E-state index < -0.39 is 31.4 Å². The summed E-state index contributed by atoms with van der Waals surface area (Å²) >= 11 is 0. The highest BCUT2D eigenvalue weighted by Crippen LogP contribution is 2.49. The van der Waals surface area contributed by atoms with E-state index in [1.54, 1.807) is 6.20 Å². The van der Waals surface area contributed by atoms with Crippen LogP contribution in [0.1, 0.15) is 35.1 Å². The van der Waals surface area contributed by atoms with E-state index in [0.717, 1.165) is 27.2 Å². The highest BCUT2D eigenvalue weighted by molar-refractivity contribution is 5.88. The second-order valence-corrected chi connectivity index (χ2v) is 8.41. The predicted octanol–water partition coefficient (Wildman–Crippen LogP) is 3.12. The number of carbonyl (C=O) groups is 1. The quantitative estimate of drug-likeness (QED) is 0.285. The zero-order valence-electron chi connectivity index (χ0n) is 18.3. The first-order valence-electron chi connectivity index (χ1n) is 11.0. The number of nitrogens with one attached hydrogen (secondary N) is 1. The van der Waals surface area contributed by atoms with Crippen LogP contribution >= 0.6 is 0 Å². The molecule has 0 saturated heterocycles. The highest BCUT2D eigenvalue weighted by atomic mass is 16.4. The number of fused-ring (bicyclic) bond motifs is 4. The minimum absolute atomic E-state index is 0.0959. The fourth-order valence-corrected chi connectivity index (χ4v) is 5.14. The fraction of sp³-hybridized carbons (Fsp3) is 0.240. The molecule has 6 N–H and O–H groups in total. The van der Waals surface area contributed by atoms with Crippen molar-refractivity contribution >= 4 is 22.9 Å². The molecule has 2 aromatic carbocycles. The summed E-state index contributed by atoms with van der Waals surface area (Å²) < 4.78 is 0. The van der Waals surface area contributed by atoms with Crippen molar-refractivity contribution in [2.75, 3.05) is 18.9 Å². The molecule has 5 rings (SSSR count). The van der Waals surface area contributed by atoms with E-state index in [4.69, 9.17) is 5.73 Å². The molecule has 0 aliphatic heterocycles. The minimum atomic E-state index is -1.24. The number of carboxylic acid groups (broad SMARTS) is 1. The first-order chi connectivity index (χ1) is 16.5. The Morgan fingerprint density at radius 2 is 1.65 bits per heavy atom. The van der Waals surface area contributed by atoms with Crippen molar-refractivity contribution in [1.29, 1.82) is 0 Å². The predicted molar refractivity (Wildman–Crippen MR) is 127 cm³/mol. The van der Waals surface area contributed by atoms with Gasteiger partial charge < -0.3 is 26.0 Å². The summed E-state index contributed by atoms with van der Waals surface area (Å²) in [4.78, 5) is 25.1. The maximum Gasteiger partial charge on any atom is 0.408 e. The van der Waals surface area contributed by atoms with Gasteiger partial charge in [-0.2, -0.15) is 0 Å². The van der Waals surface area contributed by atoms with Gasteiger partial charge in [0, 0.05) is 17.7 Å². The molecule has 0 bridgehead atoms. The van der Waals surface area contributed by atoms with E-state index in [-0.39, 0.29) is 11.7 Å². The van der Waals surface area contributed by atoms with Crippen LogP contribution in [0, 0.1) is 0 Å². The van der Waals surface area contributed by atoms with Crippen molar-refractivity contribution in [2.45, 2.75) is 24.4 Å². The van der Waals surface area contributed by atoms with E-state index >= 15 is 0 Å². The van der Waals surface area contributed by atoms with Gasteiger partial charge in [-0.15, -0.1) is 0 Å². The number of benzene rings is 2. The van der Waals surface area contributed by atoms with Crippen LogP contribution in [0.5, 0.6) is 0 Å². The zero-order chi connectivity index (χ0) is 23.8. The highest BCUT2D eigenvalue weighted by Gasteiger charge is 2.38. The molecule has 0 spiro atoms. The topological polar surface area (TPSA) is 149 Å². The van der Waals surface area contributed by atoms with Crippen molar-refractivity contribution in [3.63, 3.8) is 0 Å². The summed E-state index contributed by atoms with van der Waals surface area (Å²) in [5.74, 6) is 0.163. The van der Waals surface area contributed by atoms with Gasteiger partial charge in [0.05, 0.1) is 30.8 Å². The Bertz CT molecular complexity index is 1300. The maximum atomic E-state index is 12.5. The van der Waals surface area contributed by atoms with Crippen LogP contribution < -0.4 is 5.73 Å². The molecular weight excluding hydrogens is 434 g/mol. The molecule has 0 fully saturated rings. The van der Waals surface area contributed by atoms with E-state index in [9.17, 15) is 20.1 Å². The van der Waals surface area contributed by atoms with Crippen LogP contribution in [0.3, 0.4) is 0 Å². The van der Waals surface area contributed by atoms with E-state index in [1.807, 2.05) is 24.3 Å². The van der Waals surface area contributed by atoms with Crippen molar-refractivity contribution in [2.24, 2.45) is 0 Å². The largest absolute Gasteiger partial charge is 0.465 e. The van der Waals surface area contributed by atoms with E-state index in [0.29, 0.717) is 23.0 Å². The van der Waals surface area contributed by atoms with Crippen LogP contribution in [-0.4, -0.2) is 60.5 Å². The van der Waals surface area contributed by atoms with Crippen LogP contribution in [0.15, 0.2) is 61.1 Å². The molecule has 4 aromatic rings. The lowest BCUT2D eigenvalue weighted by molar-refractivity contribution is 0.0406. The zero-order valence-corrected chi connectivity index (χ0v) is 18.3. The average molecular weight is 460 g/mol. The number of hydrogen-bond acceptors (Lipinski definition) is 6. The van der Waals surface area contributed by atoms with Gasteiger partial charge in [0.1, 0.15) is 11.8 Å². The SMILES string of the molecule is Nc1ncnc2c(C(CC3c4ccccc4-c4ccccc43)N(C(=O)O)C(CO)CO)c[nH]c12. The van der Waals surface area contributed by atoms with Crippen LogP contribution in [0.4, 0.5) is 10.6 Å². The Hall–Kier alpha value is -3.95. The Morgan fingerprint density at radius 3 is 2.24 bits per heavy atom. The van der Waals surface area contributed by atoms with Gasteiger partial charge in [-0.05, 0) is 28.7 Å². The number of aliphatic hydroxyl groups excluding tert-OH is 2. The van der Waals surface area contributed by atoms with Crippen LogP contribution in [-0.2, 0) is 0 Å². The van der Waals surface area contributed by atoms with E-state index in [1.165, 1.54) is 6.33 Å². The number of H-pyrrole nitrogens is 1. The standard InChI is InChI=1S/C25H25N5O4/c26-24-23-22(28-13-29-24)20(10-27-23)21(30(25(33)34)14(11-31)12-32)9-19-17-7-3-1-5-15(17)16-6-2-4-8-18(16)19/h1-8,10,13-14,19,21,27,31-32H,9,11-12H2,(H,33,34)(H2,26,28,29). The molecular formula is C25H25N5O4. The lowest BCUT2D eigenvalue weighted by atomic mass is 9.87. The summed E-state index contributed by atoms with van der Waals surface area (Å²) in [5.41, 5.74) is 12.1. The average Bonchev–Trinajstić information content (AvgIpc) is 3.42. The van der Waals surface area contributed by atoms with Gasteiger partial charge in [-0.3, -0.25) is 4.90 Å². The smallest absolute Gasteiger partial charge is 0.408 e. The third kappa shape index (κ3) is 3.46. The molecule has 9 nitrogen and oxygen atoms in total. The molecule has 1 aliphatic carbocycles. The Kier molecular flexibility index (Phi) is 5.64. The third-order valence-corrected chi connectivity index (χ3v) is 6.67. The number of aromatic nitrogens is 3. The van der Waals surface area contributed by atoms with Gasteiger partial charge in [0.25, 0.3) is 0 Å².